The molecule has 0 saturated carbocycles. The molecule has 0 N–H and O–H groups in total. The summed E-state index contributed by atoms with van der Waals surface area (Å²) in [5, 5.41) is 1.08. The van der Waals surface area contributed by atoms with E-state index in [9.17, 15) is 0 Å². The zero-order chi connectivity index (χ0) is 22.3. The molecule has 2 heterocycles. The number of nitrogens with zero attached hydrogens (tertiary/aromatic N) is 1. The molecule has 0 saturated heterocycles. The van der Waals surface area contributed by atoms with Crippen LogP contribution >= 0.6 is 0 Å². The molecule has 0 aliphatic rings. The monoisotopic (exact) mass is 433 g/mol. The molecular formula is C27H31NO4. The van der Waals surface area contributed by atoms with E-state index in [1.54, 1.807) is 0 Å². The standard InChI is InChI=1S/C27H31NO4/c1-4-13-29-26(30-14-5-2)16-20-11-12-25-22(15-20)17-23(32-25)18-24-19(3)31-27(28-24)21-9-7-6-8-10-21/h6-12,15,17,26H,4-5,13-14,16,18H2,1-3H3. The summed E-state index contributed by atoms with van der Waals surface area (Å²) in [5.41, 5.74) is 3.91. The molecule has 0 unspecified atom stereocenters. The minimum atomic E-state index is -0.215. The molecule has 2 aromatic heterocycles. The van der Waals surface area contributed by atoms with Crippen molar-refractivity contribution in [3.05, 3.63) is 77.4 Å². The van der Waals surface area contributed by atoms with E-state index in [1.165, 1.54) is 5.56 Å². The summed E-state index contributed by atoms with van der Waals surface area (Å²) in [4.78, 5) is 4.70. The second-order valence-corrected chi connectivity index (χ2v) is 8.02. The molecule has 168 valence electrons. The van der Waals surface area contributed by atoms with Gasteiger partial charge >= 0.3 is 0 Å². The first-order chi connectivity index (χ1) is 15.7. The van der Waals surface area contributed by atoms with Crippen LogP contribution in [0.5, 0.6) is 0 Å². The fraction of sp³-hybridized carbons (Fsp3) is 0.370. The molecule has 0 amide bonds. The van der Waals surface area contributed by atoms with Gasteiger partial charge in [0.25, 0.3) is 0 Å². The van der Waals surface area contributed by atoms with Gasteiger partial charge in [0.2, 0.25) is 5.89 Å². The van der Waals surface area contributed by atoms with Gasteiger partial charge in [0.1, 0.15) is 17.1 Å². The highest BCUT2D eigenvalue weighted by molar-refractivity contribution is 5.78. The van der Waals surface area contributed by atoms with Gasteiger partial charge in [0, 0.05) is 30.6 Å². The van der Waals surface area contributed by atoms with E-state index in [-0.39, 0.29) is 6.29 Å². The van der Waals surface area contributed by atoms with Gasteiger partial charge in [-0.3, -0.25) is 0 Å². The van der Waals surface area contributed by atoms with E-state index >= 15 is 0 Å². The average molecular weight is 434 g/mol. The summed E-state index contributed by atoms with van der Waals surface area (Å²) in [7, 11) is 0. The summed E-state index contributed by atoms with van der Waals surface area (Å²) in [6.45, 7) is 7.57. The van der Waals surface area contributed by atoms with Gasteiger partial charge in [-0.05, 0) is 55.7 Å². The maximum absolute atomic E-state index is 6.09. The van der Waals surface area contributed by atoms with E-state index in [1.807, 2.05) is 43.3 Å². The number of hydrogen-bond acceptors (Lipinski definition) is 5. The fourth-order valence-electron chi connectivity index (χ4n) is 3.68. The van der Waals surface area contributed by atoms with Crippen molar-refractivity contribution in [2.24, 2.45) is 0 Å². The summed E-state index contributed by atoms with van der Waals surface area (Å²) in [5.74, 6) is 2.32. The number of furan rings is 1. The summed E-state index contributed by atoms with van der Waals surface area (Å²) in [6, 6.07) is 18.3. The number of aromatic nitrogens is 1. The number of aryl methyl sites for hydroxylation is 1. The normalized spacial score (nSPS) is 11.6. The Balaban J connectivity index is 1.49. The highest BCUT2D eigenvalue weighted by Crippen LogP contribution is 2.27. The maximum atomic E-state index is 6.09. The fourth-order valence-corrected chi connectivity index (χ4v) is 3.68. The molecule has 0 aliphatic heterocycles. The van der Waals surface area contributed by atoms with Gasteiger partial charge in [0.15, 0.2) is 6.29 Å². The predicted octanol–water partition coefficient (Wildman–Crippen LogP) is 6.71. The van der Waals surface area contributed by atoms with Crippen LogP contribution in [0.25, 0.3) is 22.4 Å². The lowest BCUT2D eigenvalue weighted by Gasteiger charge is -2.18. The molecular weight excluding hydrogens is 402 g/mol. The molecule has 0 bridgehead atoms. The van der Waals surface area contributed by atoms with Crippen molar-refractivity contribution in [3.63, 3.8) is 0 Å². The van der Waals surface area contributed by atoms with Crippen molar-refractivity contribution < 1.29 is 18.3 Å². The molecule has 0 spiro atoms. The summed E-state index contributed by atoms with van der Waals surface area (Å²) >= 11 is 0. The van der Waals surface area contributed by atoms with Crippen LogP contribution in [0.2, 0.25) is 0 Å². The lowest BCUT2D eigenvalue weighted by molar-refractivity contribution is -0.141. The third-order valence-electron chi connectivity index (χ3n) is 5.30. The lowest BCUT2D eigenvalue weighted by Crippen LogP contribution is -2.21. The van der Waals surface area contributed by atoms with Crippen molar-refractivity contribution in [2.45, 2.75) is 52.7 Å². The first kappa shape index (κ1) is 22.3. The third-order valence-corrected chi connectivity index (χ3v) is 5.30. The van der Waals surface area contributed by atoms with Gasteiger partial charge in [0.05, 0.1) is 12.1 Å². The van der Waals surface area contributed by atoms with Gasteiger partial charge in [-0.2, -0.15) is 0 Å². The minimum absolute atomic E-state index is 0.215. The van der Waals surface area contributed by atoms with Crippen molar-refractivity contribution in [2.75, 3.05) is 13.2 Å². The third kappa shape index (κ3) is 5.47. The number of oxazole rings is 1. The SMILES string of the molecule is CCCOC(Cc1ccc2oc(Cc3nc(-c4ccccc4)oc3C)cc2c1)OCCC. The van der Waals surface area contributed by atoms with Crippen LogP contribution in [0.4, 0.5) is 0 Å². The Hall–Kier alpha value is -2.89. The molecule has 4 aromatic rings. The second kappa shape index (κ2) is 10.6. The Morgan fingerprint density at radius 2 is 1.66 bits per heavy atom. The van der Waals surface area contributed by atoms with E-state index in [4.69, 9.17) is 23.3 Å². The van der Waals surface area contributed by atoms with Crippen LogP contribution in [-0.4, -0.2) is 24.5 Å². The Morgan fingerprint density at radius 3 is 2.38 bits per heavy atom. The van der Waals surface area contributed by atoms with Crippen LogP contribution in [-0.2, 0) is 22.3 Å². The van der Waals surface area contributed by atoms with Crippen LogP contribution < -0.4 is 0 Å². The molecule has 0 radical (unpaired) electrons. The van der Waals surface area contributed by atoms with Crippen molar-refractivity contribution in [3.8, 4) is 11.5 Å². The Morgan fingerprint density at radius 1 is 0.906 bits per heavy atom. The molecule has 0 aliphatic carbocycles. The first-order valence-electron chi connectivity index (χ1n) is 11.4. The van der Waals surface area contributed by atoms with Gasteiger partial charge in [-0.15, -0.1) is 0 Å². The topological polar surface area (TPSA) is 57.6 Å². The first-order valence-corrected chi connectivity index (χ1v) is 11.4. The second-order valence-electron chi connectivity index (χ2n) is 8.02. The number of ether oxygens (including phenoxy) is 2. The number of hydrogen-bond donors (Lipinski definition) is 0. The Bertz CT molecular complexity index is 1120. The zero-order valence-corrected chi connectivity index (χ0v) is 19.1. The van der Waals surface area contributed by atoms with Gasteiger partial charge in [-0.25, -0.2) is 4.98 Å². The summed E-state index contributed by atoms with van der Waals surface area (Å²) < 4.78 is 23.7. The van der Waals surface area contributed by atoms with E-state index in [0.29, 0.717) is 25.5 Å². The smallest absolute Gasteiger partial charge is 0.226 e. The highest BCUT2D eigenvalue weighted by Gasteiger charge is 2.15. The van der Waals surface area contributed by atoms with Crippen LogP contribution in [0.3, 0.4) is 0 Å². The van der Waals surface area contributed by atoms with Gasteiger partial charge < -0.3 is 18.3 Å². The molecule has 0 atom stereocenters. The molecule has 2 aromatic carbocycles. The Labute approximate surface area is 189 Å². The van der Waals surface area contributed by atoms with Crippen molar-refractivity contribution in [1.82, 2.24) is 4.98 Å². The molecule has 4 rings (SSSR count). The van der Waals surface area contributed by atoms with Crippen LogP contribution in [0.1, 0.15) is 49.5 Å². The number of fused-ring (bicyclic) bond motifs is 1. The minimum Gasteiger partial charge on any atom is -0.461 e. The Kier molecular flexibility index (Phi) is 7.40. The largest absolute Gasteiger partial charge is 0.461 e. The molecule has 32 heavy (non-hydrogen) atoms. The highest BCUT2D eigenvalue weighted by atomic mass is 16.7. The predicted molar refractivity (Wildman–Crippen MR) is 126 cm³/mol. The maximum Gasteiger partial charge on any atom is 0.226 e. The van der Waals surface area contributed by atoms with E-state index in [0.717, 1.165) is 53.0 Å². The average Bonchev–Trinajstić information content (AvgIpc) is 3.38. The van der Waals surface area contributed by atoms with Crippen LogP contribution in [0, 0.1) is 6.92 Å². The van der Waals surface area contributed by atoms with E-state index < -0.39 is 0 Å². The van der Waals surface area contributed by atoms with Crippen molar-refractivity contribution in [1.29, 1.82) is 0 Å². The molecule has 5 nitrogen and oxygen atoms in total. The van der Waals surface area contributed by atoms with Gasteiger partial charge in [-0.1, -0.05) is 38.1 Å². The number of rotatable bonds is 11. The van der Waals surface area contributed by atoms with Crippen LogP contribution in [0.15, 0.2) is 63.4 Å². The number of benzene rings is 2. The molecule has 5 heteroatoms. The van der Waals surface area contributed by atoms with E-state index in [2.05, 4.69) is 32.0 Å². The lowest BCUT2D eigenvalue weighted by atomic mass is 10.1. The quantitative estimate of drug-likeness (QED) is 0.246. The zero-order valence-electron chi connectivity index (χ0n) is 19.1. The van der Waals surface area contributed by atoms with Crippen molar-refractivity contribution >= 4 is 11.0 Å². The molecule has 0 fully saturated rings. The summed E-state index contributed by atoms with van der Waals surface area (Å²) in [6.07, 6.45) is 3.05.